The van der Waals surface area contributed by atoms with Crippen molar-refractivity contribution in [2.75, 3.05) is 17.5 Å². The first-order valence-corrected chi connectivity index (χ1v) is 7.64. The number of hydrogen-bond acceptors (Lipinski definition) is 7. The van der Waals surface area contributed by atoms with Crippen molar-refractivity contribution < 1.29 is 9.53 Å². The summed E-state index contributed by atoms with van der Waals surface area (Å²) in [6.07, 6.45) is 3.22. The van der Waals surface area contributed by atoms with Gasteiger partial charge in [0.1, 0.15) is 5.56 Å². The third-order valence-corrected chi connectivity index (χ3v) is 3.69. The van der Waals surface area contributed by atoms with Gasteiger partial charge in [-0.2, -0.15) is 0 Å². The van der Waals surface area contributed by atoms with Crippen LogP contribution in [-0.4, -0.2) is 22.5 Å². The molecule has 2 N–H and O–H groups in total. The average Bonchev–Trinajstić information content (AvgIpc) is 3.06. The first kappa shape index (κ1) is 17.0. The molecule has 0 saturated heterocycles. The van der Waals surface area contributed by atoms with Crippen LogP contribution in [0.1, 0.15) is 17.3 Å². The Hall–Kier alpha value is -2.38. The van der Waals surface area contributed by atoms with Gasteiger partial charge >= 0.3 is 5.97 Å². The molecule has 0 amide bonds. The topological polar surface area (TPSA) is 76.1 Å². The minimum Gasteiger partial charge on any atom is -0.462 e. The number of thiazole rings is 1. The zero-order valence-electron chi connectivity index (χ0n) is 12.3. The number of hydrazine groups is 1. The molecule has 3 rings (SSSR count). The van der Waals surface area contributed by atoms with Gasteiger partial charge in [0.15, 0.2) is 0 Å². The summed E-state index contributed by atoms with van der Waals surface area (Å²) >= 11 is 1.46. The highest BCUT2D eigenvalue weighted by Crippen LogP contribution is 2.27. The molecule has 6 nitrogen and oxygen atoms in total. The number of pyridine rings is 1. The van der Waals surface area contributed by atoms with E-state index < -0.39 is 5.97 Å². The summed E-state index contributed by atoms with van der Waals surface area (Å²) in [5.74, 6) is -0.413. The van der Waals surface area contributed by atoms with Crippen molar-refractivity contribution in [2.45, 2.75) is 6.92 Å². The molecular weight excluding hydrogens is 336 g/mol. The molecule has 0 unspecified atom stereocenters. The lowest BCUT2D eigenvalue weighted by molar-refractivity contribution is 0.0527. The standard InChI is InChI=1S/C15H14N4O2S.ClH/c1-2-21-14(20)11-9-17-12-6-4-3-5-10(12)13(11)18-19-15-16-7-8-22-15;/h3-9H,2H2,1H3,(H,16,19)(H,17,18);1H. The van der Waals surface area contributed by atoms with Crippen molar-refractivity contribution >= 4 is 51.4 Å². The molecule has 0 radical (unpaired) electrons. The SMILES string of the molecule is CCOC(=O)c1cnc2ccccc2c1NNc1nccs1.Cl. The molecule has 0 aliphatic heterocycles. The smallest absolute Gasteiger partial charge is 0.341 e. The summed E-state index contributed by atoms with van der Waals surface area (Å²) in [6.45, 7) is 2.08. The fraction of sp³-hybridized carbons (Fsp3) is 0.133. The van der Waals surface area contributed by atoms with E-state index in [-0.39, 0.29) is 12.4 Å². The highest BCUT2D eigenvalue weighted by Gasteiger charge is 2.16. The number of halogens is 1. The second kappa shape index (κ2) is 7.75. The number of nitrogens with zero attached hydrogens (tertiary/aromatic N) is 2. The van der Waals surface area contributed by atoms with Gasteiger partial charge < -0.3 is 4.74 Å². The van der Waals surface area contributed by atoms with E-state index in [4.69, 9.17) is 4.74 Å². The number of esters is 1. The van der Waals surface area contributed by atoms with Gasteiger partial charge in [-0.25, -0.2) is 9.78 Å². The zero-order valence-corrected chi connectivity index (χ0v) is 13.9. The number of benzene rings is 1. The molecule has 3 aromatic rings. The first-order valence-electron chi connectivity index (χ1n) is 6.76. The van der Waals surface area contributed by atoms with Crippen molar-refractivity contribution in [3.63, 3.8) is 0 Å². The predicted molar refractivity (Wildman–Crippen MR) is 94.3 cm³/mol. The lowest BCUT2D eigenvalue weighted by Crippen LogP contribution is -2.15. The lowest BCUT2D eigenvalue weighted by atomic mass is 10.1. The number of nitrogens with one attached hydrogen (secondary N) is 2. The lowest BCUT2D eigenvalue weighted by Gasteiger charge is -2.14. The van der Waals surface area contributed by atoms with E-state index in [9.17, 15) is 4.79 Å². The van der Waals surface area contributed by atoms with Crippen LogP contribution in [0.25, 0.3) is 10.9 Å². The molecule has 0 bridgehead atoms. The summed E-state index contributed by atoms with van der Waals surface area (Å²) < 4.78 is 5.09. The predicted octanol–water partition coefficient (Wildman–Crippen LogP) is 3.73. The Morgan fingerprint density at radius 3 is 2.83 bits per heavy atom. The van der Waals surface area contributed by atoms with Crippen LogP contribution < -0.4 is 10.9 Å². The summed E-state index contributed by atoms with van der Waals surface area (Å²) in [7, 11) is 0. The fourth-order valence-electron chi connectivity index (χ4n) is 2.04. The number of fused-ring (bicyclic) bond motifs is 1. The molecule has 2 aromatic heterocycles. The Labute approximate surface area is 143 Å². The molecule has 0 saturated carbocycles. The molecule has 0 aliphatic rings. The van der Waals surface area contributed by atoms with Crippen LogP contribution >= 0.6 is 23.7 Å². The third kappa shape index (κ3) is 3.69. The van der Waals surface area contributed by atoms with Crippen LogP contribution in [0.4, 0.5) is 10.8 Å². The summed E-state index contributed by atoms with van der Waals surface area (Å²) in [6, 6.07) is 7.58. The number of carbonyl (C=O) groups is 1. The van der Waals surface area contributed by atoms with Crippen LogP contribution in [-0.2, 0) is 4.74 Å². The molecule has 0 spiro atoms. The summed E-state index contributed by atoms with van der Waals surface area (Å²) in [4.78, 5) is 20.6. The van der Waals surface area contributed by atoms with Crippen LogP contribution in [0.3, 0.4) is 0 Å². The Kier molecular flexibility index (Phi) is 5.72. The zero-order chi connectivity index (χ0) is 15.4. The number of carbonyl (C=O) groups excluding carboxylic acids is 1. The monoisotopic (exact) mass is 350 g/mol. The molecule has 120 valence electrons. The summed E-state index contributed by atoms with van der Waals surface area (Å²) in [5.41, 5.74) is 7.84. The van der Waals surface area contributed by atoms with Crippen molar-refractivity contribution in [3.8, 4) is 0 Å². The van der Waals surface area contributed by atoms with Crippen molar-refractivity contribution in [3.05, 3.63) is 47.6 Å². The average molecular weight is 351 g/mol. The van der Waals surface area contributed by atoms with Crippen LogP contribution in [0.5, 0.6) is 0 Å². The Morgan fingerprint density at radius 2 is 2.09 bits per heavy atom. The van der Waals surface area contributed by atoms with Gasteiger partial charge in [-0.3, -0.25) is 15.8 Å². The van der Waals surface area contributed by atoms with Crippen molar-refractivity contribution in [1.29, 1.82) is 0 Å². The quantitative estimate of drug-likeness (QED) is 0.539. The van der Waals surface area contributed by atoms with E-state index >= 15 is 0 Å². The fourth-order valence-corrected chi connectivity index (χ4v) is 2.52. The molecule has 2 heterocycles. The second-order valence-electron chi connectivity index (χ2n) is 4.37. The number of rotatable bonds is 5. The van der Waals surface area contributed by atoms with Crippen molar-refractivity contribution in [2.24, 2.45) is 0 Å². The van der Waals surface area contributed by atoms with Crippen LogP contribution in [0, 0.1) is 0 Å². The van der Waals surface area contributed by atoms with Gasteiger partial charge in [0.05, 0.1) is 17.8 Å². The minimum absolute atomic E-state index is 0. The third-order valence-electron chi connectivity index (χ3n) is 3.00. The molecular formula is C15H15ClN4O2S. The van der Waals surface area contributed by atoms with E-state index in [1.54, 1.807) is 13.1 Å². The Bertz CT molecular complexity index is 795. The molecule has 8 heteroatoms. The van der Waals surface area contributed by atoms with Gasteiger partial charge in [-0.05, 0) is 13.0 Å². The van der Waals surface area contributed by atoms with E-state index in [1.165, 1.54) is 17.5 Å². The molecule has 23 heavy (non-hydrogen) atoms. The normalized spacial score (nSPS) is 9.96. The first-order chi connectivity index (χ1) is 10.8. The second-order valence-corrected chi connectivity index (χ2v) is 5.27. The van der Waals surface area contributed by atoms with Gasteiger partial charge in [0.2, 0.25) is 5.13 Å². The number of hydrogen-bond donors (Lipinski definition) is 2. The number of ether oxygens (including phenoxy) is 1. The van der Waals surface area contributed by atoms with Crippen LogP contribution in [0.2, 0.25) is 0 Å². The van der Waals surface area contributed by atoms with E-state index in [0.29, 0.717) is 23.0 Å². The van der Waals surface area contributed by atoms with Gasteiger partial charge in [-0.1, -0.05) is 18.2 Å². The minimum atomic E-state index is -0.413. The molecule has 0 atom stereocenters. The Balaban J connectivity index is 0.00000192. The maximum Gasteiger partial charge on any atom is 0.341 e. The Morgan fingerprint density at radius 1 is 1.26 bits per heavy atom. The number of para-hydroxylation sites is 1. The number of anilines is 2. The summed E-state index contributed by atoms with van der Waals surface area (Å²) in [5, 5.41) is 3.40. The maximum absolute atomic E-state index is 12.1. The highest BCUT2D eigenvalue weighted by molar-refractivity contribution is 7.13. The van der Waals surface area contributed by atoms with Gasteiger partial charge in [0.25, 0.3) is 0 Å². The van der Waals surface area contributed by atoms with Crippen molar-refractivity contribution in [1.82, 2.24) is 9.97 Å². The largest absolute Gasteiger partial charge is 0.462 e. The number of aromatic nitrogens is 2. The van der Waals surface area contributed by atoms with Crippen LogP contribution in [0.15, 0.2) is 42.0 Å². The molecule has 0 fully saturated rings. The van der Waals surface area contributed by atoms with E-state index in [2.05, 4.69) is 20.8 Å². The van der Waals surface area contributed by atoms with Gasteiger partial charge in [0, 0.05) is 23.2 Å². The van der Waals surface area contributed by atoms with Gasteiger partial charge in [-0.15, -0.1) is 23.7 Å². The maximum atomic E-state index is 12.1. The molecule has 0 aliphatic carbocycles. The highest BCUT2D eigenvalue weighted by atomic mass is 35.5. The van der Waals surface area contributed by atoms with E-state index in [1.807, 2.05) is 29.6 Å². The molecule has 1 aromatic carbocycles. The van der Waals surface area contributed by atoms with E-state index in [0.717, 1.165) is 10.9 Å².